The molecule has 6 aromatic rings. The Labute approximate surface area is 250 Å². The van der Waals surface area contributed by atoms with Gasteiger partial charge in [0.25, 0.3) is 0 Å². The molecule has 1 aliphatic rings. The van der Waals surface area contributed by atoms with Crippen molar-refractivity contribution in [3.05, 3.63) is 221 Å². The van der Waals surface area contributed by atoms with Gasteiger partial charge in [-0.25, -0.2) is 0 Å². The average molecular weight is 540 g/mol. The van der Waals surface area contributed by atoms with Gasteiger partial charge in [-0.05, 0) is 51.1 Å². The smallest absolute Gasteiger partial charge is 0.0211 e. The van der Waals surface area contributed by atoms with Crippen molar-refractivity contribution in [1.82, 2.24) is 0 Å². The van der Waals surface area contributed by atoms with E-state index in [1.807, 2.05) is 0 Å². The van der Waals surface area contributed by atoms with Crippen LogP contribution in [0.3, 0.4) is 0 Å². The van der Waals surface area contributed by atoms with Crippen molar-refractivity contribution in [2.75, 3.05) is 0 Å². The Morgan fingerprint density at radius 1 is 0.238 bits per heavy atom. The van der Waals surface area contributed by atoms with Gasteiger partial charge in [-0.1, -0.05) is 182 Å². The molecule has 0 aliphatic heterocycles. The molecule has 4 unspecified atom stereocenters. The van der Waals surface area contributed by atoms with Crippen LogP contribution in [0, 0.1) is 5.92 Å². The lowest BCUT2D eigenvalue weighted by atomic mass is 9.49. The van der Waals surface area contributed by atoms with Crippen molar-refractivity contribution in [1.29, 1.82) is 0 Å². The van der Waals surface area contributed by atoms with Crippen LogP contribution >= 0.6 is 0 Å². The molecule has 0 nitrogen and oxygen atoms in total. The van der Waals surface area contributed by atoms with Crippen LogP contribution in [0.2, 0.25) is 0 Å². The topological polar surface area (TPSA) is 0 Å². The van der Waals surface area contributed by atoms with E-state index in [-0.39, 0.29) is 29.6 Å². The van der Waals surface area contributed by atoms with E-state index in [2.05, 4.69) is 182 Å². The first kappa shape index (κ1) is 26.2. The first-order valence-corrected chi connectivity index (χ1v) is 15.1. The van der Waals surface area contributed by atoms with E-state index >= 15 is 0 Å². The predicted molar refractivity (Wildman–Crippen MR) is 175 cm³/mol. The second kappa shape index (κ2) is 12.0. The molecule has 0 amide bonds. The van der Waals surface area contributed by atoms with Gasteiger partial charge in [-0.2, -0.15) is 0 Å². The molecule has 0 heteroatoms. The van der Waals surface area contributed by atoms with Gasteiger partial charge in [0.2, 0.25) is 0 Å². The van der Waals surface area contributed by atoms with Crippen molar-refractivity contribution >= 4 is 0 Å². The fourth-order valence-electron chi connectivity index (χ4n) is 7.54. The molecule has 1 saturated carbocycles. The summed E-state index contributed by atoms with van der Waals surface area (Å²) in [7, 11) is 0. The second-order valence-corrected chi connectivity index (χ2v) is 11.4. The molecule has 0 aromatic heterocycles. The van der Waals surface area contributed by atoms with Gasteiger partial charge < -0.3 is 0 Å². The molecule has 0 heterocycles. The Morgan fingerprint density at radius 2 is 0.500 bits per heavy atom. The SMILES string of the molecule is c1ccc([C]2C(c3ccccc3)C(c3ccccc3)C(c3ccccc3)C(c3ccccc3)C2c2ccccc2)cc1. The van der Waals surface area contributed by atoms with E-state index in [4.69, 9.17) is 0 Å². The minimum atomic E-state index is 0.186. The maximum atomic E-state index is 2.36. The Kier molecular flexibility index (Phi) is 7.53. The highest BCUT2D eigenvalue weighted by Crippen LogP contribution is 2.66. The van der Waals surface area contributed by atoms with Crippen molar-refractivity contribution in [2.24, 2.45) is 0 Å². The van der Waals surface area contributed by atoms with E-state index in [1.165, 1.54) is 39.3 Å². The fraction of sp³-hybridized carbons (Fsp3) is 0.119. The number of hydrogen-bond acceptors (Lipinski definition) is 0. The van der Waals surface area contributed by atoms with Crippen LogP contribution in [0.5, 0.6) is 0 Å². The molecule has 0 spiro atoms. The number of hydrogen-bond donors (Lipinski definition) is 0. The van der Waals surface area contributed by atoms with E-state index in [0.717, 1.165) is 0 Å². The monoisotopic (exact) mass is 539 g/mol. The summed E-state index contributed by atoms with van der Waals surface area (Å²) < 4.78 is 0. The van der Waals surface area contributed by atoms with E-state index < -0.39 is 0 Å². The summed E-state index contributed by atoms with van der Waals surface area (Å²) in [5.41, 5.74) is 8.25. The van der Waals surface area contributed by atoms with Crippen molar-refractivity contribution in [3.63, 3.8) is 0 Å². The van der Waals surface area contributed by atoms with E-state index in [9.17, 15) is 0 Å². The van der Waals surface area contributed by atoms with Crippen LogP contribution in [0.15, 0.2) is 182 Å². The Morgan fingerprint density at radius 3 is 0.833 bits per heavy atom. The van der Waals surface area contributed by atoms with Gasteiger partial charge in [0.1, 0.15) is 0 Å². The summed E-state index contributed by atoms with van der Waals surface area (Å²) in [5, 5.41) is 0. The van der Waals surface area contributed by atoms with Crippen molar-refractivity contribution < 1.29 is 0 Å². The standard InChI is InChI=1S/C42H35/c1-7-19-31(20-8-1)37-38(32-21-9-2-10-22-32)40(34-25-13-4-14-26-34)42(36-29-17-6-18-30-36)41(35-27-15-5-16-28-35)39(37)33-23-11-3-12-24-33/h1-30,37-41H. The van der Waals surface area contributed by atoms with Crippen LogP contribution in [0.1, 0.15) is 63.0 Å². The minimum Gasteiger partial charge on any atom is -0.0622 e. The van der Waals surface area contributed by atoms with Crippen LogP contribution in [-0.2, 0) is 0 Å². The van der Waals surface area contributed by atoms with E-state index in [0.29, 0.717) is 0 Å². The maximum absolute atomic E-state index is 2.36. The summed E-state index contributed by atoms with van der Waals surface area (Å²) in [4.78, 5) is 0. The quantitative estimate of drug-likeness (QED) is 0.197. The third-order valence-corrected chi connectivity index (χ3v) is 9.14. The Balaban J connectivity index is 1.59. The molecule has 0 bridgehead atoms. The van der Waals surface area contributed by atoms with Crippen LogP contribution in [-0.4, -0.2) is 0 Å². The zero-order chi connectivity index (χ0) is 28.1. The molecule has 203 valence electrons. The first-order chi connectivity index (χ1) is 20.9. The molecule has 42 heavy (non-hydrogen) atoms. The highest BCUT2D eigenvalue weighted by Gasteiger charge is 2.53. The normalized spacial score (nSPS) is 22.4. The summed E-state index contributed by atoms with van der Waals surface area (Å²) in [6.07, 6.45) is 0. The zero-order valence-electron chi connectivity index (χ0n) is 23.7. The lowest BCUT2D eigenvalue weighted by Gasteiger charge is -2.53. The lowest BCUT2D eigenvalue weighted by molar-refractivity contribution is 0.300. The highest BCUT2D eigenvalue weighted by atomic mass is 14.6. The van der Waals surface area contributed by atoms with E-state index in [1.54, 1.807) is 0 Å². The van der Waals surface area contributed by atoms with Gasteiger partial charge in [0, 0.05) is 17.8 Å². The highest BCUT2D eigenvalue weighted by molar-refractivity contribution is 5.55. The number of benzene rings is 6. The van der Waals surface area contributed by atoms with Gasteiger partial charge in [0.05, 0.1) is 0 Å². The molecular formula is C42H35. The molecule has 1 fully saturated rings. The molecule has 0 N–H and O–H groups in total. The Hall–Kier alpha value is -4.68. The largest absolute Gasteiger partial charge is 0.0622 e. The van der Waals surface area contributed by atoms with Crippen LogP contribution in [0.4, 0.5) is 0 Å². The summed E-state index contributed by atoms with van der Waals surface area (Å²) in [6.45, 7) is 0. The zero-order valence-corrected chi connectivity index (χ0v) is 23.7. The second-order valence-electron chi connectivity index (χ2n) is 11.4. The van der Waals surface area contributed by atoms with Gasteiger partial charge in [-0.15, -0.1) is 0 Å². The predicted octanol–water partition coefficient (Wildman–Crippen LogP) is 10.5. The number of rotatable bonds is 6. The fourth-order valence-corrected chi connectivity index (χ4v) is 7.54. The van der Waals surface area contributed by atoms with Crippen molar-refractivity contribution in [2.45, 2.75) is 29.6 Å². The molecule has 6 aromatic carbocycles. The van der Waals surface area contributed by atoms with Gasteiger partial charge >= 0.3 is 0 Å². The summed E-state index contributed by atoms with van der Waals surface area (Å²) in [5.74, 6) is 2.59. The minimum absolute atomic E-state index is 0.186. The first-order valence-electron chi connectivity index (χ1n) is 15.1. The molecule has 0 saturated heterocycles. The lowest BCUT2D eigenvalue weighted by Crippen LogP contribution is -2.40. The third-order valence-electron chi connectivity index (χ3n) is 9.14. The van der Waals surface area contributed by atoms with Crippen molar-refractivity contribution in [3.8, 4) is 0 Å². The summed E-state index contributed by atoms with van der Waals surface area (Å²) in [6, 6.07) is 67.5. The van der Waals surface area contributed by atoms with Gasteiger partial charge in [0.15, 0.2) is 0 Å². The van der Waals surface area contributed by atoms with Crippen LogP contribution in [0.25, 0.3) is 0 Å². The molecule has 1 aliphatic carbocycles. The Bertz CT molecular complexity index is 1310. The maximum Gasteiger partial charge on any atom is 0.0211 e. The van der Waals surface area contributed by atoms with Gasteiger partial charge in [-0.3, -0.25) is 0 Å². The average Bonchev–Trinajstić information content (AvgIpc) is 3.09. The molecule has 4 atom stereocenters. The summed E-state index contributed by atoms with van der Waals surface area (Å²) >= 11 is 0. The third kappa shape index (κ3) is 4.99. The molecule has 1 radical (unpaired) electrons. The molecule has 7 rings (SSSR count). The van der Waals surface area contributed by atoms with Crippen LogP contribution < -0.4 is 0 Å². The molecular weight excluding hydrogens is 504 g/mol.